The van der Waals surface area contributed by atoms with E-state index in [0.717, 1.165) is 104 Å². The van der Waals surface area contributed by atoms with Crippen LogP contribution in [0.25, 0.3) is 0 Å². The van der Waals surface area contributed by atoms with E-state index < -0.39 is 48.4 Å². The Morgan fingerprint density at radius 3 is 0.949 bits per heavy atom. The molecule has 2 aliphatic carbocycles. The molecule has 8 unspecified atom stereocenters. The molecule has 0 aromatic heterocycles. The molecule has 6 saturated heterocycles. The molecule has 6 aliphatic heterocycles. The van der Waals surface area contributed by atoms with Crippen LogP contribution in [0.15, 0.2) is 0 Å². The van der Waals surface area contributed by atoms with Gasteiger partial charge in [0.15, 0.2) is 0 Å². The summed E-state index contributed by atoms with van der Waals surface area (Å²) in [7, 11) is -5.07. The Kier molecular flexibility index (Phi) is 32.7. The van der Waals surface area contributed by atoms with Crippen molar-refractivity contribution in [1.82, 2.24) is 0 Å². The van der Waals surface area contributed by atoms with Crippen molar-refractivity contribution in [3.63, 3.8) is 0 Å². The van der Waals surface area contributed by atoms with E-state index in [1.807, 2.05) is 0 Å². The van der Waals surface area contributed by atoms with Gasteiger partial charge in [0.05, 0.1) is 90.5 Å². The van der Waals surface area contributed by atoms with E-state index >= 15 is 0 Å². The fourth-order valence-electron chi connectivity index (χ4n) is 9.83. The van der Waals surface area contributed by atoms with E-state index in [-0.39, 0.29) is 0 Å². The maximum atomic E-state index is 5.76. The highest BCUT2D eigenvalue weighted by Crippen LogP contribution is 2.43. The quantitative estimate of drug-likeness (QED) is 0.0392. The minimum Gasteiger partial charge on any atom is -0.381 e. The minimum absolute atomic E-state index is 0.361. The molecule has 8 aliphatic rings. The molecule has 464 valence electrons. The lowest BCUT2D eigenvalue weighted by molar-refractivity contribution is -0.149. The van der Waals surface area contributed by atoms with Crippen LogP contribution in [0.1, 0.15) is 90.9 Å². The summed E-state index contributed by atoms with van der Waals surface area (Å²) < 4.78 is 54.1. The van der Waals surface area contributed by atoms with Crippen molar-refractivity contribution in [3.8, 4) is 0 Å². The molecule has 8 atom stereocenters. The SMILES string of the molecule is CCC1(COCC[Si](C)(C)C)COC1.CCC1(COCC[Si](C)(C)C)COC1.C[Si](C)(C)CCC1CCC2OC2C1.C[Si](C)(C)CCC1CCC2OC2C1.C[Si](C)(C)CCCOCC1CO1.C[Si](C)(C)CCCOCC1CO1. The van der Waals surface area contributed by atoms with Crippen molar-refractivity contribution in [2.45, 2.75) is 282 Å². The predicted molar refractivity (Wildman–Crippen MR) is 349 cm³/mol. The molecule has 0 bridgehead atoms. The number of hydrogen-bond donors (Lipinski definition) is 0. The van der Waals surface area contributed by atoms with Crippen LogP contribution in [0.4, 0.5) is 0 Å². The van der Waals surface area contributed by atoms with E-state index in [1.165, 1.54) is 113 Å². The van der Waals surface area contributed by atoms with Crippen molar-refractivity contribution in [3.05, 3.63) is 0 Å². The highest BCUT2D eigenvalue weighted by Gasteiger charge is 2.45. The van der Waals surface area contributed by atoms with Crippen molar-refractivity contribution >= 4 is 48.4 Å². The third-order valence-electron chi connectivity index (χ3n) is 16.6. The average molecular weight is 1210 g/mol. The van der Waals surface area contributed by atoms with Crippen molar-refractivity contribution in [1.29, 1.82) is 0 Å². The Morgan fingerprint density at radius 2 is 0.705 bits per heavy atom. The van der Waals surface area contributed by atoms with Crippen molar-refractivity contribution in [2.24, 2.45) is 22.7 Å². The zero-order chi connectivity index (χ0) is 58.3. The third kappa shape index (κ3) is 38.8. The molecule has 0 spiro atoms. The van der Waals surface area contributed by atoms with E-state index in [9.17, 15) is 0 Å². The van der Waals surface area contributed by atoms with Gasteiger partial charge in [-0.1, -0.05) is 169 Å². The second-order valence-corrected chi connectivity index (χ2v) is 66.5. The molecule has 8 fully saturated rings. The Morgan fingerprint density at radius 1 is 0.385 bits per heavy atom. The second kappa shape index (κ2) is 34.9. The summed E-state index contributed by atoms with van der Waals surface area (Å²) in [5.41, 5.74) is 0.721. The third-order valence-corrected chi connectivity index (χ3v) is 27.3. The van der Waals surface area contributed by atoms with Gasteiger partial charge in [-0.15, -0.1) is 0 Å². The minimum atomic E-state index is -0.912. The Hall–Kier alpha value is 0.901. The molecule has 6 heterocycles. The lowest BCUT2D eigenvalue weighted by atomic mass is 9.84. The zero-order valence-electron chi connectivity index (χ0n) is 55.3. The Balaban J connectivity index is 0.000000246. The molecular weight excluding hydrogens is 1070 g/mol. The van der Waals surface area contributed by atoms with E-state index in [4.69, 9.17) is 47.4 Å². The number of hydrogen-bond acceptors (Lipinski definition) is 10. The van der Waals surface area contributed by atoms with Gasteiger partial charge >= 0.3 is 0 Å². The van der Waals surface area contributed by atoms with Gasteiger partial charge in [0.1, 0.15) is 12.2 Å². The molecule has 0 aromatic rings. The van der Waals surface area contributed by atoms with E-state index in [2.05, 4.69) is 132 Å². The Bertz CT molecular complexity index is 1430. The van der Waals surface area contributed by atoms with Gasteiger partial charge in [0, 0.05) is 85.7 Å². The van der Waals surface area contributed by atoms with Gasteiger partial charge in [0.2, 0.25) is 0 Å². The summed E-state index contributed by atoms with van der Waals surface area (Å²) >= 11 is 0. The molecular formula is C62H132O10Si6. The van der Waals surface area contributed by atoms with Crippen LogP contribution in [-0.2, 0) is 47.4 Å². The molecule has 0 amide bonds. The number of ether oxygens (including phenoxy) is 10. The molecule has 16 heteroatoms. The molecule has 0 aromatic carbocycles. The van der Waals surface area contributed by atoms with Gasteiger partial charge in [-0.05, 0) is 88.1 Å². The molecule has 0 radical (unpaired) electrons. The highest BCUT2D eigenvalue weighted by molar-refractivity contribution is 6.77. The normalized spacial score (nSPS) is 27.2. The Labute approximate surface area is 489 Å². The monoisotopic (exact) mass is 1200 g/mol. The topological polar surface area (TPSA) is 106 Å². The number of fused-ring (bicyclic) bond motifs is 2. The highest BCUT2D eigenvalue weighted by atomic mass is 28.3. The molecule has 0 N–H and O–H groups in total. The van der Waals surface area contributed by atoms with Crippen LogP contribution in [0, 0.1) is 22.7 Å². The summed E-state index contributed by atoms with van der Waals surface area (Å²) in [6, 6.07) is 8.31. The molecule has 10 nitrogen and oxygen atoms in total. The van der Waals surface area contributed by atoms with Gasteiger partial charge in [-0.3, -0.25) is 0 Å². The molecule has 8 rings (SSSR count). The lowest BCUT2D eigenvalue weighted by Gasteiger charge is -2.40. The molecule has 78 heavy (non-hydrogen) atoms. The van der Waals surface area contributed by atoms with Crippen LogP contribution < -0.4 is 0 Å². The maximum absolute atomic E-state index is 5.76. The van der Waals surface area contributed by atoms with Crippen LogP contribution in [0.3, 0.4) is 0 Å². The van der Waals surface area contributed by atoms with Crippen molar-refractivity contribution in [2.75, 3.05) is 92.5 Å². The van der Waals surface area contributed by atoms with Crippen LogP contribution in [0.5, 0.6) is 0 Å². The summed E-state index contributed by atoms with van der Waals surface area (Å²) in [5, 5.41) is 0. The fraction of sp³-hybridized carbons (Fsp3) is 1.00. The van der Waals surface area contributed by atoms with E-state index in [1.54, 1.807) is 0 Å². The standard InChI is InChI=1S/2C11H24O2Si.2C11H22OSi.2C9H20O2Si/c2*1-5-11(9-13-10-11)8-12-6-7-14(2,3)4;2*1-13(2,3)7-6-9-4-5-10-11(8-9)12-10;2*1-12(2,3)6-4-5-10-7-9-8-11-9/h2*5-10H2,1-4H3;2*9-11H,4-8H2,1-3H3;2*9H,4-8H2,1-3H3. The molecule has 2 saturated carbocycles. The summed E-state index contributed by atoms with van der Waals surface area (Å²) in [6.45, 7) is 60.6. The zero-order valence-corrected chi connectivity index (χ0v) is 61.3. The largest absolute Gasteiger partial charge is 0.381 e. The lowest BCUT2D eigenvalue weighted by Crippen LogP contribution is -2.45. The van der Waals surface area contributed by atoms with Crippen molar-refractivity contribution < 1.29 is 47.4 Å². The van der Waals surface area contributed by atoms with Crippen LogP contribution in [-0.4, -0.2) is 178 Å². The summed E-state index contributed by atoms with van der Waals surface area (Å²) in [4.78, 5) is 0. The first-order chi connectivity index (χ1) is 36.2. The van der Waals surface area contributed by atoms with Gasteiger partial charge in [-0.25, -0.2) is 0 Å². The van der Waals surface area contributed by atoms with Gasteiger partial charge < -0.3 is 47.4 Å². The number of epoxide rings is 4. The van der Waals surface area contributed by atoms with E-state index in [0.29, 0.717) is 47.5 Å². The first kappa shape index (κ1) is 73.2. The van der Waals surface area contributed by atoms with Gasteiger partial charge in [-0.2, -0.15) is 0 Å². The fourth-order valence-corrected chi connectivity index (χ4v) is 16.3. The van der Waals surface area contributed by atoms with Crippen LogP contribution >= 0.6 is 0 Å². The summed E-state index contributed by atoms with van der Waals surface area (Å²) in [6.07, 6.45) is 19.7. The van der Waals surface area contributed by atoms with Gasteiger partial charge in [0.25, 0.3) is 0 Å². The first-order valence-corrected chi connectivity index (χ1v) is 54.4. The summed E-state index contributed by atoms with van der Waals surface area (Å²) in [5.74, 6) is 1.99. The second-order valence-electron chi connectivity index (χ2n) is 32.8. The number of rotatable bonds is 30. The first-order valence-electron chi connectivity index (χ1n) is 32.2. The average Bonchev–Trinajstić information content (AvgIpc) is 4.08. The maximum Gasteiger partial charge on any atom is 0.104 e. The van der Waals surface area contributed by atoms with Crippen LogP contribution in [0.2, 0.25) is 154 Å². The predicted octanol–water partition coefficient (Wildman–Crippen LogP) is 16.4. The smallest absolute Gasteiger partial charge is 0.104 e.